The van der Waals surface area contributed by atoms with Crippen molar-refractivity contribution in [2.45, 2.75) is 0 Å². The molecule has 0 aliphatic carbocycles. The summed E-state index contributed by atoms with van der Waals surface area (Å²) in [6.45, 7) is 0. The van der Waals surface area contributed by atoms with E-state index in [1.807, 2.05) is 0 Å². The predicted octanol–water partition coefficient (Wildman–Crippen LogP) is 2.87. The van der Waals surface area contributed by atoms with Gasteiger partial charge in [-0.25, -0.2) is 4.79 Å². The second-order valence-corrected chi connectivity index (χ2v) is 4.55. The summed E-state index contributed by atoms with van der Waals surface area (Å²) in [5, 5.41) is 11.8. The lowest BCUT2D eigenvalue weighted by atomic mass is 10.1. The number of carboxylic acid groups (broad SMARTS) is 1. The number of hydrogen-bond donors (Lipinski definition) is 3. The van der Waals surface area contributed by atoms with Crippen LogP contribution in [0.25, 0.3) is 0 Å². The summed E-state index contributed by atoms with van der Waals surface area (Å²) >= 11 is 5.83. The number of carbonyl (C=O) groups excluding carboxylic acids is 1. The van der Waals surface area contributed by atoms with Crippen LogP contribution in [0.15, 0.2) is 42.5 Å². The van der Waals surface area contributed by atoms with Crippen molar-refractivity contribution in [1.82, 2.24) is 0 Å². The van der Waals surface area contributed by atoms with Gasteiger partial charge in [0.2, 0.25) is 0 Å². The number of nitrogens with two attached hydrogens (primary N) is 1. The van der Waals surface area contributed by atoms with E-state index in [2.05, 4.69) is 5.32 Å². The summed E-state index contributed by atoms with van der Waals surface area (Å²) < 4.78 is 0. The molecule has 0 bridgehead atoms. The van der Waals surface area contributed by atoms with Crippen LogP contribution in [0.1, 0.15) is 20.7 Å². The van der Waals surface area contributed by atoms with E-state index in [1.54, 1.807) is 12.1 Å². The molecule has 1 amide bonds. The monoisotopic (exact) mass is 290 g/mol. The number of rotatable bonds is 3. The molecular weight excluding hydrogens is 280 g/mol. The Morgan fingerprint density at radius 3 is 2.50 bits per heavy atom. The number of hydrogen-bond acceptors (Lipinski definition) is 3. The van der Waals surface area contributed by atoms with Gasteiger partial charge in [0.15, 0.2) is 0 Å². The Morgan fingerprint density at radius 2 is 1.85 bits per heavy atom. The largest absolute Gasteiger partial charge is 0.478 e. The number of carboxylic acids is 1. The van der Waals surface area contributed by atoms with Gasteiger partial charge in [-0.15, -0.1) is 0 Å². The standard InChI is InChI=1S/C14H11ClN2O3/c15-10-4-9(5-11(16)7-10)13(18)17-12-3-1-2-8(6-12)14(19)20/h1-7H,16H2,(H,17,18)(H,19,20). The molecule has 0 aliphatic rings. The van der Waals surface area contributed by atoms with Gasteiger partial charge in [0.05, 0.1) is 5.56 Å². The number of benzene rings is 2. The molecule has 0 spiro atoms. The van der Waals surface area contributed by atoms with Gasteiger partial charge < -0.3 is 16.2 Å². The van der Waals surface area contributed by atoms with Crippen molar-refractivity contribution >= 4 is 34.9 Å². The number of amides is 1. The van der Waals surface area contributed by atoms with Crippen molar-refractivity contribution in [2.24, 2.45) is 0 Å². The van der Waals surface area contributed by atoms with Crippen LogP contribution in [0.3, 0.4) is 0 Å². The van der Waals surface area contributed by atoms with Crippen LogP contribution in [0, 0.1) is 0 Å². The van der Waals surface area contributed by atoms with Crippen LogP contribution in [0.2, 0.25) is 5.02 Å². The lowest BCUT2D eigenvalue weighted by Crippen LogP contribution is -2.12. The lowest BCUT2D eigenvalue weighted by Gasteiger charge is -2.07. The van der Waals surface area contributed by atoms with E-state index in [0.29, 0.717) is 22.0 Å². The second kappa shape index (κ2) is 5.63. The van der Waals surface area contributed by atoms with Crippen LogP contribution >= 0.6 is 11.6 Å². The average molecular weight is 291 g/mol. The number of carbonyl (C=O) groups is 2. The highest BCUT2D eigenvalue weighted by Crippen LogP contribution is 2.18. The molecular formula is C14H11ClN2O3. The molecule has 102 valence electrons. The van der Waals surface area contributed by atoms with Gasteiger partial charge in [-0.2, -0.15) is 0 Å². The molecule has 0 fully saturated rings. The minimum atomic E-state index is -1.06. The Kier molecular flexibility index (Phi) is 3.91. The molecule has 0 atom stereocenters. The molecule has 6 heteroatoms. The average Bonchev–Trinajstić information content (AvgIpc) is 2.37. The van der Waals surface area contributed by atoms with Gasteiger partial charge in [-0.05, 0) is 36.4 Å². The minimum absolute atomic E-state index is 0.0911. The first kappa shape index (κ1) is 13.9. The molecule has 20 heavy (non-hydrogen) atoms. The zero-order chi connectivity index (χ0) is 14.7. The van der Waals surface area contributed by atoms with Crippen LogP contribution in [-0.2, 0) is 0 Å². The summed E-state index contributed by atoms with van der Waals surface area (Å²) in [5.74, 6) is -1.48. The molecule has 0 saturated carbocycles. The first-order valence-electron chi connectivity index (χ1n) is 5.66. The number of nitrogen functional groups attached to an aromatic ring is 1. The number of anilines is 2. The van der Waals surface area contributed by atoms with E-state index in [4.69, 9.17) is 22.4 Å². The number of halogens is 1. The Morgan fingerprint density at radius 1 is 1.10 bits per heavy atom. The van der Waals surface area contributed by atoms with E-state index in [0.717, 1.165) is 0 Å². The second-order valence-electron chi connectivity index (χ2n) is 4.11. The lowest BCUT2D eigenvalue weighted by molar-refractivity contribution is 0.0696. The summed E-state index contributed by atoms with van der Waals surface area (Å²) in [4.78, 5) is 22.9. The van der Waals surface area contributed by atoms with Gasteiger partial charge in [0, 0.05) is 22.0 Å². The predicted molar refractivity (Wildman–Crippen MR) is 77.2 cm³/mol. The van der Waals surface area contributed by atoms with Gasteiger partial charge in [-0.3, -0.25) is 4.79 Å². The van der Waals surface area contributed by atoms with Crippen LogP contribution in [0.5, 0.6) is 0 Å². The molecule has 0 radical (unpaired) electrons. The van der Waals surface area contributed by atoms with E-state index in [1.165, 1.54) is 30.3 Å². The highest BCUT2D eigenvalue weighted by molar-refractivity contribution is 6.31. The Labute approximate surface area is 120 Å². The molecule has 2 aromatic rings. The summed E-state index contributed by atoms with van der Waals surface area (Å²) in [5.41, 5.74) is 6.76. The zero-order valence-corrected chi connectivity index (χ0v) is 11.0. The summed E-state index contributed by atoms with van der Waals surface area (Å²) in [7, 11) is 0. The zero-order valence-electron chi connectivity index (χ0n) is 10.3. The third kappa shape index (κ3) is 3.27. The fourth-order valence-corrected chi connectivity index (χ4v) is 1.92. The quantitative estimate of drug-likeness (QED) is 0.758. The van der Waals surface area contributed by atoms with Crippen LogP contribution in [-0.4, -0.2) is 17.0 Å². The summed E-state index contributed by atoms with van der Waals surface area (Å²) in [6, 6.07) is 10.5. The molecule has 0 aliphatic heterocycles. The van der Waals surface area contributed by atoms with Crippen molar-refractivity contribution in [1.29, 1.82) is 0 Å². The molecule has 0 aromatic heterocycles. The van der Waals surface area contributed by atoms with E-state index in [-0.39, 0.29) is 5.56 Å². The highest BCUT2D eigenvalue weighted by atomic mass is 35.5. The summed E-state index contributed by atoms with van der Waals surface area (Å²) in [6.07, 6.45) is 0. The van der Waals surface area contributed by atoms with Crippen molar-refractivity contribution in [2.75, 3.05) is 11.1 Å². The Hall–Kier alpha value is -2.53. The maximum atomic E-state index is 12.0. The van der Waals surface area contributed by atoms with Gasteiger partial charge in [-0.1, -0.05) is 17.7 Å². The molecule has 0 heterocycles. The third-order valence-electron chi connectivity index (χ3n) is 2.55. The Bertz CT molecular complexity index is 666. The molecule has 0 unspecified atom stereocenters. The van der Waals surface area contributed by atoms with Crippen LogP contribution in [0.4, 0.5) is 11.4 Å². The van der Waals surface area contributed by atoms with Crippen molar-refractivity contribution < 1.29 is 14.7 Å². The molecule has 2 aromatic carbocycles. The maximum Gasteiger partial charge on any atom is 0.335 e. The van der Waals surface area contributed by atoms with E-state index >= 15 is 0 Å². The maximum absolute atomic E-state index is 12.0. The molecule has 2 rings (SSSR count). The van der Waals surface area contributed by atoms with Crippen molar-refractivity contribution in [3.63, 3.8) is 0 Å². The van der Waals surface area contributed by atoms with Gasteiger partial charge in [0.25, 0.3) is 5.91 Å². The molecule has 4 N–H and O–H groups in total. The van der Waals surface area contributed by atoms with Gasteiger partial charge >= 0.3 is 5.97 Å². The molecule has 0 saturated heterocycles. The van der Waals surface area contributed by atoms with Crippen LogP contribution < -0.4 is 11.1 Å². The first-order chi connectivity index (χ1) is 9.45. The number of nitrogens with one attached hydrogen (secondary N) is 1. The smallest absolute Gasteiger partial charge is 0.335 e. The SMILES string of the molecule is Nc1cc(Cl)cc(C(=O)Nc2cccc(C(=O)O)c2)c1. The minimum Gasteiger partial charge on any atom is -0.478 e. The van der Waals surface area contributed by atoms with Crippen molar-refractivity contribution in [3.05, 3.63) is 58.6 Å². The fraction of sp³-hybridized carbons (Fsp3) is 0. The number of aromatic carboxylic acids is 1. The normalized spacial score (nSPS) is 10.1. The highest BCUT2D eigenvalue weighted by Gasteiger charge is 2.09. The molecule has 5 nitrogen and oxygen atoms in total. The van der Waals surface area contributed by atoms with Gasteiger partial charge in [0.1, 0.15) is 0 Å². The van der Waals surface area contributed by atoms with E-state index in [9.17, 15) is 9.59 Å². The Balaban J connectivity index is 2.23. The van der Waals surface area contributed by atoms with E-state index < -0.39 is 11.9 Å². The first-order valence-corrected chi connectivity index (χ1v) is 6.04. The third-order valence-corrected chi connectivity index (χ3v) is 2.77. The topological polar surface area (TPSA) is 92.4 Å². The van der Waals surface area contributed by atoms with Crippen molar-refractivity contribution in [3.8, 4) is 0 Å². The fourth-order valence-electron chi connectivity index (χ4n) is 1.68.